The molecule has 2 aromatic heterocycles. The smallest absolute Gasteiger partial charge is 0.433 e. The molecule has 210 valence electrons. The fourth-order valence-electron chi connectivity index (χ4n) is 4.59. The molecule has 2 amide bonds. The van der Waals surface area contributed by atoms with E-state index >= 15 is 0 Å². The second-order valence-electron chi connectivity index (χ2n) is 10.0. The number of carbonyl (C=O) groups is 2. The van der Waals surface area contributed by atoms with Gasteiger partial charge >= 0.3 is 6.18 Å². The van der Waals surface area contributed by atoms with Crippen LogP contribution in [0.25, 0.3) is 22.4 Å². The van der Waals surface area contributed by atoms with Gasteiger partial charge in [0, 0.05) is 31.1 Å². The van der Waals surface area contributed by atoms with Gasteiger partial charge in [-0.1, -0.05) is 0 Å². The first-order valence-corrected chi connectivity index (χ1v) is 12.2. The molecule has 2 N–H and O–H groups in total. The summed E-state index contributed by atoms with van der Waals surface area (Å²) >= 11 is 0. The Hall–Kier alpha value is -3.74. The van der Waals surface area contributed by atoms with Gasteiger partial charge in [-0.05, 0) is 51.5 Å². The molecule has 0 spiro atoms. The van der Waals surface area contributed by atoms with Crippen molar-refractivity contribution in [2.24, 2.45) is 5.73 Å². The van der Waals surface area contributed by atoms with Gasteiger partial charge in [0.05, 0.1) is 19.2 Å². The molecule has 0 aliphatic carbocycles. The van der Waals surface area contributed by atoms with Crippen LogP contribution >= 0.6 is 0 Å². The summed E-state index contributed by atoms with van der Waals surface area (Å²) in [6.45, 7) is 4.42. The van der Waals surface area contributed by atoms with Crippen molar-refractivity contribution in [3.63, 3.8) is 0 Å². The first-order chi connectivity index (χ1) is 18.1. The van der Waals surface area contributed by atoms with Crippen molar-refractivity contribution in [3.05, 3.63) is 41.4 Å². The zero-order valence-corrected chi connectivity index (χ0v) is 22.1. The first-order valence-electron chi connectivity index (χ1n) is 12.2. The molecular formula is C26H29F4N5O4. The minimum Gasteiger partial charge on any atom is -0.494 e. The Kier molecular flexibility index (Phi) is 7.32. The fourth-order valence-corrected chi connectivity index (χ4v) is 4.59. The lowest BCUT2D eigenvalue weighted by Crippen LogP contribution is -2.47. The molecule has 1 fully saturated rings. The van der Waals surface area contributed by atoms with Crippen LogP contribution < -0.4 is 10.5 Å². The summed E-state index contributed by atoms with van der Waals surface area (Å²) in [5, 5.41) is 0.272. The number of hydrogen-bond acceptors (Lipinski definition) is 7. The van der Waals surface area contributed by atoms with Crippen LogP contribution in [0.3, 0.4) is 0 Å². The second-order valence-corrected chi connectivity index (χ2v) is 10.0. The zero-order valence-electron chi connectivity index (χ0n) is 22.1. The molecule has 3 aromatic rings. The van der Waals surface area contributed by atoms with E-state index in [1.54, 1.807) is 13.0 Å². The molecule has 13 heteroatoms. The molecule has 0 bridgehead atoms. The summed E-state index contributed by atoms with van der Waals surface area (Å²) < 4.78 is 65.2. The molecule has 4 rings (SSSR count). The number of rotatable bonds is 6. The summed E-state index contributed by atoms with van der Waals surface area (Å²) in [5.41, 5.74) is 3.13. The van der Waals surface area contributed by atoms with Gasteiger partial charge in [0.15, 0.2) is 17.1 Å². The van der Waals surface area contributed by atoms with E-state index in [2.05, 4.69) is 9.97 Å². The summed E-state index contributed by atoms with van der Waals surface area (Å²) in [6.07, 6.45) is -4.22. The second kappa shape index (κ2) is 10.1. The quantitative estimate of drug-likeness (QED) is 0.453. The van der Waals surface area contributed by atoms with Crippen molar-refractivity contribution in [1.29, 1.82) is 0 Å². The molecule has 0 saturated carbocycles. The number of benzene rings is 1. The summed E-state index contributed by atoms with van der Waals surface area (Å²) in [5.74, 6) is -0.988. The molecule has 2 atom stereocenters. The number of likely N-dealkylation sites (tertiary alicyclic amines) is 1. The third-order valence-electron chi connectivity index (χ3n) is 6.66. The van der Waals surface area contributed by atoms with E-state index in [-0.39, 0.29) is 46.6 Å². The third-order valence-corrected chi connectivity index (χ3v) is 6.66. The maximum atomic E-state index is 14.2. The average Bonchev–Trinajstić information content (AvgIpc) is 3.53. The minimum absolute atomic E-state index is 0.0258. The predicted molar refractivity (Wildman–Crippen MR) is 134 cm³/mol. The number of nitrogens with two attached hydrogens (primary N) is 1. The highest BCUT2D eigenvalue weighted by molar-refractivity contribution is 5.98. The van der Waals surface area contributed by atoms with Crippen molar-refractivity contribution >= 4 is 22.7 Å². The molecule has 1 aliphatic heterocycles. The number of methoxy groups -OCH3 is 1. The highest BCUT2D eigenvalue weighted by Gasteiger charge is 2.39. The molecule has 39 heavy (non-hydrogen) atoms. The van der Waals surface area contributed by atoms with Crippen LogP contribution in [0.2, 0.25) is 0 Å². The number of pyridine rings is 1. The number of aromatic nitrogens is 2. The number of likely N-dealkylation sites (N-methyl/N-ethyl adjacent to an activating group) is 1. The van der Waals surface area contributed by atoms with Crippen molar-refractivity contribution in [1.82, 2.24) is 19.8 Å². The van der Waals surface area contributed by atoms with E-state index in [0.29, 0.717) is 18.5 Å². The van der Waals surface area contributed by atoms with Crippen molar-refractivity contribution in [2.75, 3.05) is 27.2 Å². The van der Waals surface area contributed by atoms with Crippen LogP contribution in [0.1, 0.15) is 55.2 Å². The van der Waals surface area contributed by atoms with Gasteiger partial charge in [-0.2, -0.15) is 13.2 Å². The van der Waals surface area contributed by atoms with Crippen LogP contribution in [0.4, 0.5) is 17.6 Å². The number of amides is 2. The van der Waals surface area contributed by atoms with Gasteiger partial charge in [0.25, 0.3) is 11.8 Å². The third kappa shape index (κ3) is 5.40. The maximum Gasteiger partial charge on any atom is 0.433 e. The molecule has 1 saturated heterocycles. The zero-order chi connectivity index (χ0) is 28.9. The monoisotopic (exact) mass is 551 g/mol. The Morgan fingerprint density at radius 2 is 1.87 bits per heavy atom. The standard InChI is InChI=1S/C26H29F4N5O4/c1-13(31)21-20(23(36)35-11-10-14(12-35)34(4)24(37)25(2,3)27)33-22(39-21)16-6-8-17(38-5)19-15(16)7-9-18(32-19)26(28,29)30/h6-9,13-14H,10-12,31H2,1-5H3/t13-,14+/m0/s1. The maximum absolute atomic E-state index is 14.2. The van der Waals surface area contributed by atoms with Gasteiger partial charge in [-0.15, -0.1) is 0 Å². The molecule has 0 radical (unpaired) electrons. The average molecular weight is 552 g/mol. The van der Waals surface area contributed by atoms with Crippen LogP contribution in [0, 0.1) is 0 Å². The topological polar surface area (TPSA) is 115 Å². The number of ether oxygens (including phenoxy) is 1. The highest BCUT2D eigenvalue weighted by Crippen LogP contribution is 2.37. The fraction of sp³-hybridized carbons (Fsp3) is 0.462. The van der Waals surface area contributed by atoms with Crippen molar-refractivity contribution in [2.45, 2.75) is 51.1 Å². The number of alkyl halides is 4. The summed E-state index contributed by atoms with van der Waals surface area (Å²) in [7, 11) is 2.81. The minimum atomic E-state index is -4.66. The molecule has 9 nitrogen and oxygen atoms in total. The van der Waals surface area contributed by atoms with E-state index in [1.165, 1.54) is 49.9 Å². The van der Waals surface area contributed by atoms with Crippen LogP contribution in [-0.4, -0.2) is 70.5 Å². The lowest BCUT2D eigenvalue weighted by Gasteiger charge is -2.28. The van der Waals surface area contributed by atoms with Crippen LogP contribution in [-0.2, 0) is 11.0 Å². The van der Waals surface area contributed by atoms with E-state index < -0.39 is 35.4 Å². The van der Waals surface area contributed by atoms with E-state index in [4.69, 9.17) is 14.9 Å². The van der Waals surface area contributed by atoms with Crippen LogP contribution in [0.5, 0.6) is 5.75 Å². The lowest BCUT2D eigenvalue weighted by molar-refractivity contribution is -0.142. The summed E-state index contributed by atoms with van der Waals surface area (Å²) in [6, 6.07) is 3.94. The molecule has 0 unspecified atom stereocenters. The van der Waals surface area contributed by atoms with Gasteiger partial charge < -0.3 is 24.7 Å². The largest absolute Gasteiger partial charge is 0.494 e. The normalized spacial score (nSPS) is 17.0. The number of hydrogen-bond donors (Lipinski definition) is 1. The number of oxazole rings is 1. The number of nitrogens with zero attached hydrogens (tertiary/aromatic N) is 4. The van der Waals surface area contributed by atoms with E-state index in [9.17, 15) is 27.2 Å². The Morgan fingerprint density at radius 1 is 1.18 bits per heavy atom. The first kappa shape index (κ1) is 28.3. The van der Waals surface area contributed by atoms with Crippen molar-refractivity contribution < 1.29 is 36.3 Å². The van der Waals surface area contributed by atoms with Gasteiger partial charge in [-0.25, -0.2) is 14.4 Å². The Labute approximate surface area is 221 Å². The predicted octanol–water partition coefficient (Wildman–Crippen LogP) is 4.36. The Morgan fingerprint density at radius 3 is 2.46 bits per heavy atom. The molecule has 3 heterocycles. The van der Waals surface area contributed by atoms with Gasteiger partial charge in [-0.3, -0.25) is 9.59 Å². The molecular weight excluding hydrogens is 522 g/mol. The molecule has 1 aromatic carbocycles. The summed E-state index contributed by atoms with van der Waals surface area (Å²) in [4.78, 5) is 36.8. The van der Waals surface area contributed by atoms with Crippen LogP contribution in [0.15, 0.2) is 28.7 Å². The number of fused-ring (bicyclic) bond motifs is 1. The van der Waals surface area contributed by atoms with Gasteiger partial charge in [0.2, 0.25) is 5.89 Å². The van der Waals surface area contributed by atoms with Crippen molar-refractivity contribution in [3.8, 4) is 17.2 Å². The van der Waals surface area contributed by atoms with E-state index in [1.807, 2.05) is 0 Å². The Balaban J connectivity index is 1.70. The number of carbonyl (C=O) groups excluding carboxylic acids is 2. The molecule has 1 aliphatic rings. The van der Waals surface area contributed by atoms with E-state index in [0.717, 1.165) is 6.07 Å². The highest BCUT2D eigenvalue weighted by atomic mass is 19.4. The SMILES string of the molecule is COc1ccc(-c2nc(C(=O)N3CC[C@@H](N(C)C(=O)C(C)(C)F)C3)c([C@H](C)N)o2)c2ccc(C(F)(F)F)nc12. The number of halogens is 4. The lowest BCUT2D eigenvalue weighted by atomic mass is 10.1. The Bertz CT molecular complexity index is 1410. The van der Waals surface area contributed by atoms with Gasteiger partial charge in [0.1, 0.15) is 17.0 Å².